The van der Waals surface area contributed by atoms with Crippen molar-refractivity contribution < 1.29 is 0 Å². The van der Waals surface area contributed by atoms with Gasteiger partial charge in [-0.3, -0.25) is 10.7 Å². The van der Waals surface area contributed by atoms with Crippen molar-refractivity contribution in [2.45, 2.75) is 6.17 Å². The van der Waals surface area contributed by atoms with Crippen molar-refractivity contribution in [3.8, 4) is 0 Å². The van der Waals surface area contributed by atoms with Crippen LogP contribution >= 0.6 is 0 Å². The summed E-state index contributed by atoms with van der Waals surface area (Å²) < 4.78 is 2.19. The minimum atomic E-state index is 0.135. The lowest BCUT2D eigenvalue weighted by Gasteiger charge is -2.37. The van der Waals surface area contributed by atoms with Crippen LogP contribution in [0.4, 0.5) is 0 Å². The Hall–Kier alpha value is -1.95. The Morgan fingerprint density at radius 2 is 2.44 bits per heavy atom. The summed E-state index contributed by atoms with van der Waals surface area (Å²) in [7, 11) is 0. The molecule has 1 aromatic rings. The third-order valence-corrected chi connectivity index (χ3v) is 3.22. The summed E-state index contributed by atoms with van der Waals surface area (Å²) in [5, 5.41) is 10.8. The molecule has 4 rings (SSSR count). The fourth-order valence-electron chi connectivity index (χ4n) is 2.50. The van der Waals surface area contributed by atoms with Gasteiger partial charge in [-0.25, -0.2) is 0 Å². The third kappa shape index (κ3) is 0.873. The average Bonchev–Trinajstić information content (AvgIpc) is 2.98. The van der Waals surface area contributed by atoms with E-state index in [-0.39, 0.29) is 6.17 Å². The van der Waals surface area contributed by atoms with Gasteiger partial charge in [0.05, 0.1) is 18.1 Å². The first-order valence-electron chi connectivity index (χ1n) is 5.37. The maximum Gasteiger partial charge on any atom is 0.162 e. The highest BCUT2D eigenvalue weighted by Crippen LogP contribution is 2.33. The molecule has 0 saturated carbocycles. The zero-order chi connectivity index (χ0) is 10.5. The van der Waals surface area contributed by atoms with Crippen LogP contribution in [0.5, 0.6) is 0 Å². The molecule has 6 nitrogen and oxygen atoms in total. The summed E-state index contributed by atoms with van der Waals surface area (Å²) >= 11 is 0. The standard InChI is InChI=1S/C10H12N6/c1-2-7-10-14-13-6-16(10)8-4-11-5-12-9(8)15(7)3-1/h1-3,6,10-12,14H,4-5H2. The van der Waals surface area contributed by atoms with Crippen LogP contribution in [0.2, 0.25) is 0 Å². The van der Waals surface area contributed by atoms with Gasteiger partial charge in [0.15, 0.2) is 6.17 Å². The van der Waals surface area contributed by atoms with Crippen molar-refractivity contribution in [3.63, 3.8) is 0 Å². The van der Waals surface area contributed by atoms with Crippen molar-refractivity contribution in [2.24, 2.45) is 5.10 Å². The molecule has 0 amide bonds. The fraction of sp³-hybridized carbons (Fsp3) is 0.300. The van der Waals surface area contributed by atoms with Crippen LogP contribution in [0.15, 0.2) is 29.1 Å². The first-order valence-corrected chi connectivity index (χ1v) is 5.37. The van der Waals surface area contributed by atoms with Gasteiger partial charge in [-0.15, -0.1) is 0 Å². The molecule has 3 N–H and O–H groups in total. The summed E-state index contributed by atoms with van der Waals surface area (Å²) in [4.78, 5) is 2.17. The van der Waals surface area contributed by atoms with Gasteiger partial charge in [0.2, 0.25) is 0 Å². The van der Waals surface area contributed by atoms with E-state index in [1.807, 2.05) is 6.34 Å². The van der Waals surface area contributed by atoms with Gasteiger partial charge < -0.3 is 14.8 Å². The van der Waals surface area contributed by atoms with Crippen LogP contribution in [0.1, 0.15) is 11.9 Å². The van der Waals surface area contributed by atoms with E-state index in [2.05, 4.69) is 49.0 Å². The molecule has 0 aromatic carbocycles. The van der Waals surface area contributed by atoms with Gasteiger partial charge in [0, 0.05) is 12.7 Å². The highest BCUT2D eigenvalue weighted by atomic mass is 15.5. The van der Waals surface area contributed by atoms with E-state index in [4.69, 9.17) is 0 Å². The Kier molecular flexibility index (Phi) is 1.44. The molecule has 3 aliphatic rings. The zero-order valence-electron chi connectivity index (χ0n) is 8.64. The second kappa shape index (κ2) is 2.79. The molecule has 82 valence electrons. The minimum Gasteiger partial charge on any atom is -0.357 e. The second-order valence-electron chi connectivity index (χ2n) is 4.06. The maximum absolute atomic E-state index is 4.15. The van der Waals surface area contributed by atoms with Crippen LogP contribution in [-0.2, 0) is 0 Å². The normalized spacial score (nSPS) is 25.8. The molecule has 0 aliphatic carbocycles. The van der Waals surface area contributed by atoms with E-state index in [0.29, 0.717) is 0 Å². The Labute approximate surface area is 92.6 Å². The molecular weight excluding hydrogens is 204 g/mol. The molecule has 0 radical (unpaired) electrons. The van der Waals surface area contributed by atoms with Crippen molar-refractivity contribution in [1.82, 2.24) is 25.5 Å². The quantitative estimate of drug-likeness (QED) is 0.553. The van der Waals surface area contributed by atoms with Crippen molar-refractivity contribution >= 4 is 12.2 Å². The molecule has 3 aliphatic heterocycles. The SMILES string of the molecule is C1=NNC2c3cccn3C3=C(CNCN3)N12. The number of hydrogen-bond donors (Lipinski definition) is 3. The van der Waals surface area contributed by atoms with Crippen LogP contribution in [0, 0.1) is 0 Å². The molecule has 6 heteroatoms. The maximum atomic E-state index is 4.15. The molecule has 0 saturated heterocycles. The summed E-state index contributed by atoms with van der Waals surface area (Å²) in [5.74, 6) is 1.16. The topological polar surface area (TPSA) is 56.6 Å². The van der Waals surface area contributed by atoms with Gasteiger partial charge in [-0.2, -0.15) is 5.10 Å². The molecule has 1 atom stereocenters. The fourth-order valence-corrected chi connectivity index (χ4v) is 2.50. The van der Waals surface area contributed by atoms with Crippen LogP contribution in [-0.4, -0.2) is 29.0 Å². The van der Waals surface area contributed by atoms with E-state index in [0.717, 1.165) is 19.0 Å². The predicted octanol–water partition coefficient (Wildman–Crippen LogP) is -0.375. The van der Waals surface area contributed by atoms with E-state index in [9.17, 15) is 0 Å². The lowest BCUT2D eigenvalue weighted by Crippen LogP contribution is -2.47. The lowest BCUT2D eigenvalue weighted by atomic mass is 10.2. The number of nitrogens with one attached hydrogen (secondary N) is 3. The molecule has 4 heterocycles. The first kappa shape index (κ1) is 8.23. The van der Waals surface area contributed by atoms with Gasteiger partial charge in [-0.05, 0) is 12.1 Å². The smallest absolute Gasteiger partial charge is 0.162 e. The molecule has 0 bridgehead atoms. The summed E-state index contributed by atoms with van der Waals surface area (Å²) in [5.41, 5.74) is 5.56. The Bertz CT molecular complexity index is 499. The minimum absolute atomic E-state index is 0.135. The number of nitrogens with zero attached hydrogens (tertiary/aromatic N) is 3. The molecule has 16 heavy (non-hydrogen) atoms. The zero-order valence-corrected chi connectivity index (χ0v) is 8.64. The highest BCUT2D eigenvalue weighted by molar-refractivity contribution is 5.68. The number of aromatic nitrogens is 1. The first-order chi connectivity index (χ1) is 7.95. The third-order valence-electron chi connectivity index (χ3n) is 3.22. The van der Waals surface area contributed by atoms with E-state index >= 15 is 0 Å². The van der Waals surface area contributed by atoms with E-state index in [1.54, 1.807) is 0 Å². The number of hydrogen-bond acceptors (Lipinski definition) is 5. The predicted molar refractivity (Wildman–Crippen MR) is 59.9 cm³/mol. The number of hydrazone groups is 1. The summed E-state index contributed by atoms with van der Waals surface area (Å²) in [6.45, 7) is 1.67. The van der Waals surface area contributed by atoms with Gasteiger partial charge in [-0.1, -0.05) is 0 Å². The van der Waals surface area contributed by atoms with Gasteiger partial charge in [0.1, 0.15) is 12.2 Å². The molecule has 1 unspecified atom stereocenters. The summed E-state index contributed by atoms with van der Waals surface area (Å²) in [6.07, 6.45) is 4.07. The van der Waals surface area contributed by atoms with Crippen molar-refractivity contribution in [1.29, 1.82) is 0 Å². The Morgan fingerprint density at radius 3 is 3.44 bits per heavy atom. The van der Waals surface area contributed by atoms with Crippen molar-refractivity contribution in [2.75, 3.05) is 13.2 Å². The van der Waals surface area contributed by atoms with Gasteiger partial charge >= 0.3 is 0 Å². The molecule has 0 fully saturated rings. The summed E-state index contributed by atoms with van der Waals surface area (Å²) in [6, 6.07) is 4.18. The Balaban J connectivity index is 1.95. The number of rotatable bonds is 0. The number of fused-ring (bicyclic) bond motifs is 5. The molecular formula is C10H12N6. The van der Waals surface area contributed by atoms with Crippen molar-refractivity contribution in [3.05, 3.63) is 29.7 Å². The largest absolute Gasteiger partial charge is 0.357 e. The van der Waals surface area contributed by atoms with E-state index in [1.165, 1.54) is 11.4 Å². The monoisotopic (exact) mass is 216 g/mol. The van der Waals surface area contributed by atoms with Crippen LogP contribution < -0.4 is 16.1 Å². The Morgan fingerprint density at radius 1 is 1.44 bits per heavy atom. The lowest BCUT2D eigenvalue weighted by molar-refractivity contribution is 0.326. The second-order valence-corrected chi connectivity index (χ2v) is 4.06. The van der Waals surface area contributed by atoms with E-state index < -0.39 is 0 Å². The van der Waals surface area contributed by atoms with Crippen LogP contribution in [0.25, 0.3) is 5.82 Å². The molecule has 0 spiro atoms. The van der Waals surface area contributed by atoms with Crippen LogP contribution in [0.3, 0.4) is 0 Å². The average molecular weight is 216 g/mol. The highest BCUT2D eigenvalue weighted by Gasteiger charge is 2.35. The van der Waals surface area contributed by atoms with Gasteiger partial charge in [0.25, 0.3) is 0 Å². The molecule has 1 aromatic heterocycles.